The van der Waals surface area contributed by atoms with E-state index in [2.05, 4.69) is 25.5 Å². The second-order valence-electron chi connectivity index (χ2n) is 6.73. The summed E-state index contributed by atoms with van der Waals surface area (Å²) in [6, 6.07) is 5.94. The number of nitrogens with zero attached hydrogens (tertiary/aromatic N) is 5. The molecular weight excluding hydrogens is 388 g/mol. The Kier molecular flexibility index (Phi) is 7.33. The molecule has 1 aromatic carbocycles. The smallest absolute Gasteiger partial charge is 0.270 e. The molecule has 0 aliphatic carbocycles. The summed E-state index contributed by atoms with van der Waals surface area (Å²) in [5.74, 6) is -2.09. The van der Waals surface area contributed by atoms with Crippen molar-refractivity contribution in [3.05, 3.63) is 36.7 Å². The number of aromatic nitrogens is 3. The van der Waals surface area contributed by atoms with E-state index in [9.17, 15) is 9.59 Å². The van der Waals surface area contributed by atoms with Crippen LogP contribution in [0.4, 0.5) is 5.69 Å². The number of nitrogens with two attached hydrogens (primary N) is 3. The van der Waals surface area contributed by atoms with E-state index in [0.29, 0.717) is 17.8 Å². The van der Waals surface area contributed by atoms with Gasteiger partial charge in [0.2, 0.25) is 11.9 Å². The lowest BCUT2D eigenvalue weighted by molar-refractivity contribution is -0.119. The number of benzene rings is 1. The number of aliphatic imine (C=N–C) groups is 2. The van der Waals surface area contributed by atoms with Crippen LogP contribution in [0, 0.1) is 11.3 Å². The number of carbonyl (C=O) groups excluding carboxylic acids is 2. The van der Waals surface area contributed by atoms with E-state index in [1.54, 1.807) is 24.3 Å². The van der Waals surface area contributed by atoms with Crippen LogP contribution in [0.2, 0.25) is 0 Å². The number of carbonyl (C=O) groups is 2. The fraction of sp³-hybridized carbons (Fsp3) is 0.278. The molecule has 2 amide bonds. The minimum absolute atomic E-state index is 0.142. The van der Waals surface area contributed by atoms with Crippen LogP contribution in [0.1, 0.15) is 20.3 Å². The van der Waals surface area contributed by atoms with Crippen molar-refractivity contribution in [1.29, 1.82) is 5.41 Å². The van der Waals surface area contributed by atoms with Crippen LogP contribution in [0.25, 0.3) is 5.69 Å². The molecule has 0 radical (unpaired) electrons. The first-order valence-electron chi connectivity index (χ1n) is 9.01. The van der Waals surface area contributed by atoms with Crippen molar-refractivity contribution in [2.75, 3.05) is 5.32 Å². The highest BCUT2D eigenvalue weighted by Gasteiger charge is 2.18. The molecule has 8 N–H and O–H groups in total. The molecule has 2 aromatic rings. The fourth-order valence-electron chi connectivity index (χ4n) is 2.44. The monoisotopic (exact) mass is 412 g/mol. The highest BCUT2D eigenvalue weighted by Crippen LogP contribution is 2.13. The van der Waals surface area contributed by atoms with Crippen molar-refractivity contribution in [3.63, 3.8) is 0 Å². The van der Waals surface area contributed by atoms with Crippen LogP contribution in [0.5, 0.6) is 0 Å². The highest BCUT2D eigenvalue weighted by atomic mass is 16.1. The molecule has 158 valence electrons. The summed E-state index contributed by atoms with van der Waals surface area (Å²) < 4.78 is 0. The molecule has 0 aliphatic heterocycles. The molecule has 1 atom stereocenters. The first-order valence-corrected chi connectivity index (χ1v) is 9.01. The van der Waals surface area contributed by atoms with Gasteiger partial charge < -0.3 is 22.5 Å². The van der Waals surface area contributed by atoms with Gasteiger partial charge in [-0.25, -0.2) is 4.99 Å². The molecule has 0 aliphatic rings. The second kappa shape index (κ2) is 9.91. The van der Waals surface area contributed by atoms with Crippen LogP contribution in [0.3, 0.4) is 0 Å². The Morgan fingerprint density at radius 1 is 1.20 bits per heavy atom. The van der Waals surface area contributed by atoms with E-state index in [4.69, 9.17) is 22.6 Å². The molecule has 12 heteroatoms. The average Bonchev–Trinajstić information content (AvgIpc) is 3.21. The molecule has 0 spiro atoms. The molecular formula is C18H24N10O2. The summed E-state index contributed by atoms with van der Waals surface area (Å²) in [6.45, 7) is 3.81. The van der Waals surface area contributed by atoms with Crippen LogP contribution in [-0.4, -0.2) is 50.4 Å². The standard InChI is InChI=1S/C18H24N10O2/c1-10(2)8-13(15(20)29)26-18(22)27-17(14(19)16(21)30)25-11-4-3-5-12(9-11)28-23-6-7-24-28/h3-7,9-10,13,19H,8H2,1-2H3,(H2,20,29)(H2,21,30)(H3,22,25,26,27)/t13-/m1/s1. The van der Waals surface area contributed by atoms with Crippen LogP contribution in [-0.2, 0) is 9.59 Å². The Balaban J connectivity index is 2.35. The van der Waals surface area contributed by atoms with Crippen LogP contribution < -0.4 is 22.5 Å². The van der Waals surface area contributed by atoms with Gasteiger partial charge >= 0.3 is 0 Å². The first-order chi connectivity index (χ1) is 14.2. The highest BCUT2D eigenvalue weighted by molar-refractivity contribution is 6.67. The van der Waals surface area contributed by atoms with Crippen molar-refractivity contribution < 1.29 is 9.59 Å². The van der Waals surface area contributed by atoms with Gasteiger partial charge in [-0.1, -0.05) is 19.9 Å². The minimum Gasteiger partial charge on any atom is -0.368 e. The Hall–Kier alpha value is -4.09. The van der Waals surface area contributed by atoms with E-state index in [0.717, 1.165) is 0 Å². The molecule has 1 aromatic heterocycles. The minimum atomic E-state index is -1.02. The van der Waals surface area contributed by atoms with E-state index in [-0.39, 0.29) is 17.7 Å². The quantitative estimate of drug-likeness (QED) is 0.293. The van der Waals surface area contributed by atoms with Crippen molar-refractivity contribution >= 4 is 35.0 Å². The maximum atomic E-state index is 11.6. The average molecular weight is 412 g/mol. The Bertz CT molecular complexity index is 979. The topological polar surface area (TPSA) is 204 Å². The van der Waals surface area contributed by atoms with Gasteiger partial charge in [-0.2, -0.15) is 20.0 Å². The number of primary amides is 2. The van der Waals surface area contributed by atoms with E-state index < -0.39 is 23.6 Å². The summed E-state index contributed by atoms with van der Waals surface area (Å²) >= 11 is 0. The van der Waals surface area contributed by atoms with Gasteiger partial charge in [-0.3, -0.25) is 15.0 Å². The number of amidine groups is 1. The van der Waals surface area contributed by atoms with Crippen LogP contribution >= 0.6 is 0 Å². The second-order valence-corrected chi connectivity index (χ2v) is 6.73. The van der Waals surface area contributed by atoms with E-state index in [1.807, 2.05) is 13.8 Å². The number of anilines is 1. The SMILES string of the molecule is CC(C)C[C@@H](N=C(N)N=C(Nc1cccc(-n2nccn2)c1)C(=N)C(N)=O)C(N)=O. The van der Waals surface area contributed by atoms with Gasteiger partial charge in [-0.15, -0.1) is 0 Å². The summed E-state index contributed by atoms with van der Waals surface area (Å²) in [6.07, 6.45) is 3.43. The molecule has 0 saturated heterocycles. The Morgan fingerprint density at radius 2 is 1.87 bits per heavy atom. The number of guanidine groups is 1. The summed E-state index contributed by atoms with van der Waals surface area (Å²) in [4.78, 5) is 32.5. The van der Waals surface area contributed by atoms with Gasteiger partial charge in [0.05, 0.1) is 18.1 Å². The third-order valence-corrected chi connectivity index (χ3v) is 3.78. The Labute approximate surface area is 172 Å². The molecule has 0 unspecified atom stereocenters. The molecule has 12 nitrogen and oxygen atoms in total. The van der Waals surface area contributed by atoms with Gasteiger partial charge in [-0.05, 0) is 30.5 Å². The number of nitrogens with one attached hydrogen (secondary N) is 2. The number of rotatable bonds is 8. The molecule has 30 heavy (non-hydrogen) atoms. The first kappa shape index (κ1) is 22.2. The number of amides is 2. The van der Waals surface area contributed by atoms with Gasteiger partial charge in [0.1, 0.15) is 6.04 Å². The lowest BCUT2D eigenvalue weighted by Gasteiger charge is -2.13. The molecule has 1 heterocycles. The summed E-state index contributed by atoms with van der Waals surface area (Å²) in [7, 11) is 0. The lowest BCUT2D eigenvalue weighted by atomic mass is 10.0. The largest absolute Gasteiger partial charge is 0.368 e. The predicted octanol–water partition coefficient (Wildman–Crippen LogP) is -0.203. The maximum absolute atomic E-state index is 11.6. The third-order valence-electron chi connectivity index (χ3n) is 3.78. The zero-order chi connectivity index (χ0) is 22.3. The van der Waals surface area contributed by atoms with Crippen molar-refractivity contribution in [3.8, 4) is 5.69 Å². The van der Waals surface area contributed by atoms with Crippen LogP contribution in [0.15, 0.2) is 46.6 Å². The van der Waals surface area contributed by atoms with Gasteiger partial charge in [0.25, 0.3) is 5.91 Å². The lowest BCUT2D eigenvalue weighted by Crippen LogP contribution is -2.36. The maximum Gasteiger partial charge on any atom is 0.270 e. The van der Waals surface area contributed by atoms with Crippen molar-refractivity contribution in [2.24, 2.45) is 33.1 Å². The summed E-state index contributed by atoms with van der Waals surface area (Å²) in [5.41, 5.74) is 16.9. The summed E-state index contributed by atoms with van der Waals surface area (Å²) in [5, 5.41) is 18.8. The van der Waals surface area contributed by atoms with Crippen molar-refractivity contribution in [2.45, 2.75) is 26.3 Å². The number of hydrogen-bond donors (Lipinski definition) is 5. The Morgan fingerprint density at radius 3 is 2.43 bits per heavy atom. The third kappa shape index (κ3) is 6.22. The van der Waals surface area contributed by atoms with Gasteiger partial charge in [0.15, 0.2) is 11.5 Å². The van der Waals surface area contributed by atoms with Crippen molar-refractivity contribution in [1.82, 2.24) is 15.0 Å². The molecule has 0 saturated carbocycles. The molecule has 2 rings (SSSR count). The zero-order valence-corrected chi connectivity index (χ0v) is 16.6. The zero-order valence-electron chi connectivity index (χ0n) is 16.6. The number of hydrogen-bond acceptors (Lipinski definition) is 6. The van der Waals surface area contributed by atoms with E-state index >= 15 is 0 Å². The molecule has 0 fully saturated rings. The molecule has 0 bridgehead atoms. The normalized spacial score (nSPS) is 13.2. The fourth-order valence-corrected chi connectivity index (χ4v) is 2.44. The van der Waals surface area contributed by atoms with E-state index in [1.165, 1.54) is 17.2 Å². The van der Waals surface area contributed by atoms with Gasteiger partial charge in [0, 0.05) is 5.69 Å². The predicted molar refractivity (Wildman–Crippen MR) is 113 cm³/mol.